The van der Waals surface area contributed by atoms with E-state index in [1.165, 1.54) is 27.7 Å². The lowest BCUT2D eigenvalue weighted by Crippen LogP contribution is -2.59. The van der Waals surface area contributed by atoms with Gasteiger partial charge in [0.25, 0.3) is 0 Å². The molecule has 1 fully saturated rings. The molecule has 0 aliphatic carbocycles. The molecule has 1 aliphatic rings. The third kappa shape index (κ3) is 9.69. The number of rotatable bonds is 11. The Bertz CT molecular complexity index is 626. The van der Waals surface area contributed by atoms with E-state index in [0.717, 1.165) is 11.8 Å². The van der Waals surface area contributed by atoms with Crippen LogP contribution in [0.3, 0.4) is 0 Å². The third-order valence-electron chi connectivity index (χ3n) is 3.61. The summed E-state index contributed by atoms with van der Waals surface area (Å²) in [5.74, 6) is -2.54. The van der Waals surface area contributed by atoms with E-state index in [2.05, 4.69) is 0 Å². The summed E-state index contributed by atoms with van der Waals surface area (Å²) < 4.78 is 38.1. The highest BCUT2D eigenvalue weighted by atomic mass is 32.2. The molecule has 0 aromatic heterocycles. The minimum Gasteiger partial charge on any atom is -0.465 e. The summed E-state index contributed by atoms with van der Waals surface area (Å²) in [6.07, 6.45) is -3.42. The van der Waals surface area contributed by atoms with Gasteiger partial charge in [-0.15, -0.1) is 11.8 Å². The average molecular weight is 484 g/mol. The summed E-state index contributed by atoms with van der Waals surface area (Å²) in [7, 11) is -1.81. The van der Waals surface area contributed by atoms with Crippen molar-refractivity contribution < 1.29 is 51.7 Å². The number of hydrogen-bond donors (Lipinski definition) is 0. The molecule has 0 spiro atoms. The predicted octanol–water partition coefficient (Wildman–Crippen LogP) is 2.10. The number of carbonyl (C=O) groups excluding carboxylic acids is 4. The SMILES string of the molecule is CCOP(OCC)OC1S[C@H](COC(C)=O)[C@@H](OC(C)=O)[C@H](OC(C)=O)[C@H]1OC(C)=O. The number of esters is 4. The Morgan fingerprint density at radius 2 is 1.23 bits per heavy atom. The van der Waals surface area contributed by atoms with Crippen LogP contribution in [0.5, 0.6) is 0 Å². The Labute approximate surface area is 186 Å². The second kappa shape index (κ2) is 13.8. The molecule has 0 saturated carbocycles. The Kier molecular flexibility index (Phi) is 12.3. The first-order valence-corrected chi connectivity index (χ1v) is 11.7. The van der Waals surface area contributed by atoms with Crippen molar-refractivity contribution in [2.45, 2.75) is 70.5 Å². The van der Waals surface area contributed by atoms with Crippen LogP contribution in [0.25, 0.3) is 0 Å². The van der Waals surface area contributed by atoms with Gasteiger partial charge in [0.1, 0.15) is 6.61 Å². The van der Waals surface area contributed by atoms with Crippen molar-refractivity contribution in [2.75, 3.05) is 19.8 Å². The van der Waals surface area contributed by atoms with Crippen molar-refractivity contribution in [3.05, 3.63) is 0 Å². The fourth-order valence-electron chi connectivity index (χ4n) is 2.67. The Balaban J connectivity index is 3.33. The highest BCUT2D eigenvalue weighted by molar-refractivity contribution is 8.00. The lowest BCUT2D eigenvalue weighted by atomic mass is 10.0. The lowest BCUT2D eigenvalue weighted by Gasteiger charge is -2.43. The predicted molar refractivity (Wildman–Crippen MR) is 110 cm³/mol. The van der Waals surface area contributed by atoms with Crippen LogP contribution in [0, 0.1) is 0 Å². The smallest absolute Gasteiger partial charge is 0.333 e. The fraction of sp³-hybridized carbons (Fsp3) is 0.778. The maximum absolute atomic E-state index is 11.8. The fourth-order valence-corrected chi connectivity index (χ4v) is 5.21. The van der Waals surface area contributed by atoms with Gasteiger partial charge in [-0.05, 0) is 13.8 Å². The first-order chi connectivity index (χ1) is 14.6. The zero-order valence-electron chi connectivity index (χ0n) is 18.4. The van der Waals surface area contributed by atoms with Crippen LogP contribution in [-0.2, 0) is 51.7 Å². The molecule has 0 aromatic carbocycles. The van der Waals surface area contributed by atoms with Gasteiger partial charge in [-0.3, -0.25) is 23.7 Å². The molecule has 0 bridgehead atoms. The topological polar surface area (TPSA) is 133 Å². The number of thioether (sulfide) groups is 1. The van der Waals surface area contributed by atoms with E-state index in [0.29, 0.717) is 13.2 Å². The van der Waals surface area contributed by atoms with Crippen LogP contribution < -0.4 is 0 Å². The van der Waals surface area contributed by atoms with Crippen LogP contribution in [-0.4, -0.2) is 72.7 Å². The van der Waals surface area contributed by atoms with Crippen molar-refractivity contribution in [3.63, 3.8) is 0 Å². The van der Waals surface area contributed by atoms with Gasteiger partial charge >= 0.3 is 32.5 Å². The molecule has 1 heterocycles. The third-order valence-corrected chi connectivity index (χ3v) is 6.47. The van der Waals surface area contributed by atoms with Gasteiger partial charge in [0, 0.05) is 27.7 Å². The Morgan fingerprint density at radius 1 is 0.742 bits per heavy atom. The summed E-state index contributed by atoms with van der Waals surface area (Å²) in [5, 5.41) is -0.686. The van der Waals surface area contributed by atoms with E-state index in [-0.39, 0.29) is 6.61 Å². The second-order valence-corrected chi connectivity index (χ2v) is 8.75. The van der Waals surface area contributed by atoms with Crippen molar-refractivity contribution >= 4 is 44.2 Å². The molecule has 0 amide bonds. The summed E-state index contributed by atoms with van der Waals surface area (Å²) >= 11 is 1.10. The molecule has 1 aliphatic heterocycles. The van der Waals surface area contributed by atoms with Gasteiger partial charge < -0.3 is 28.0 Å². The molecule has 31 heavy (non-hydrogen) atoms. The molecule has 13 heteroatoms. The number of hydrogen-bond acceptors (Lipinski definition) is 12. The first-order valence-electron chi connectivity index (χ1n) is 9.62. The van der Waals surface area contributed by atoms with Crippen molar-refractivity contribution in [1.29, 1.82) is 0 Å². The molecule has 11 nitrogen and oxygen atoms in total. The van der Waals surface area contributed by atoms with E-state index in [9.17, 15) is 19.2 Å². The van der Waals surface area contributed by atoms with E-state index in [4.69, 9.17) is 32.5 Å². The first kappa shape index (κ1) is 27.6. The van der Waals surface area contributed by atoms with E-state index in [1.54, 1.807) is 13.8 Å². The van der Waals surface area contributed by atoms with Gasteiger partial charge in [-0.1, -0.05) is 0 Å². The summed E-state index contributed by atoms with van der Waals surface area (Å²) in [6, 6.07) is 0. The molecule has 1 rings (SSSR count). The van der Waals surface area contributed by atoms with Gasteiger partial charge in [-0.25, -0.2) is 0 Å². The lowest BCUT2D eigenvalue weighted by molar-refractivity contribution is -0.190. The zero-order chi connectivity index (χ0) is 23.6. The van der Waals surface area contributed by atoms with E-state index in [1.807, 2.05) is 0 Å². The van der Waals surface area contributed by atoms with Gasteiger partial charge in [0.05, 0.1) is 18.5 Å². The Morgan fingerprint density at radius 3 is 1.68 bits per heavy atom. The minimum absolute atomic E-state index is 0.163. The van der Waals surface area contributed by atoms with Gasteiger partial charge in [-0.2, -0.15) is 0 Å². The van der Waals surface area contributed by atoms with Crippen molar-refractivity contribution in [3.8, 4) is 0 Å². The molecule has 178 valence electrons. The van der Waals surface area contributed by atoms with Crippen molar-refractivity contribution in [1.82, 2.24) is 0 Å². The van der Waals surface area contributed by atoms with Crippen LogP contribution in [0.1, 0.15) is 41.5 Å². The van der Waals surface area contributed by atoms with E-state index < -0.39 is 61.5 Å². The summed E-state index contributed by atoms with van der Waals surface area (Å²) in [6.45, 7) is 8.75. The maximum atomic E-state index is 11.8. The van der Waals surface area contributed by atoms with Gasteiger partial charge in [0.2, 0.25) is 0 Å². The van der Waals surface area contributed by atoms with E-state index >= 15 is 0 Å². The minimum atomic E-state index is -1.81. The standard InChI is InChI=1S/C18H29O11PS/c1-7-24-30(25-8-2)29-18-17(28-13(6)22)16(27-12(5)21)15(26-11(4)20)14(31-18)9-23-10(3)19/h14-18H,7-9H2,1-6H3/t14-,15-,16+,17-,18?/m1/s1. The molecule has 0 aromatic rings. The number of carbonyl (C=O) groups is 4. The van der Waals surface area contributed by atoms with Crippen LogP contribution in [0.4, 0.5) is 0 Å². The zero-order valence-corrected chi connectivity index (χ0v) is 20.1. The normalized spacial score (nSPS) is 25.6. The summed E-state index contributed by atoms with van der Waals surface area (Å²) in [4.78, 5) is 46.7. The van der Waals surface area contributed by atoms with Crippen molar-refractivity contribution in [2.24, 2.45) is 0 Å². The van der Waals surface area contributed by atoms with Crippen LogP contribution in [0.15, 0.2) is 0 Å². The molecule has 1 saturated heterocycles. The Hall–Kier alpha value is -1.46. The molecule has 0 radical (unpaired) electrons. The molecular formula is C18H29O11PS. The molecule has 1 unspecified atom stereocenters. The molecule has 0 N–H and O–H groups in total. The highest BCUT2D eigenvalue weighted by Gasteiger charge is 2.53. The number of ether oxygens (including phenoxy) is 4. The van der Waals surface area contributed by atoms with Crippen LogP contribution >= 0.6 is 20.4 Å². The second-order valence-electron chi connectivity index (χ2n) is 6.23. The quantitative estimate of drug-likeness (QED) is 0.242. The monoisotopic (exact) mass is 484 g/mol. The molecular weight excluding hydrogens is 455 g/mol. The van der Waals surface area contributed by atoms with Gasteiger partial charge in [0.15, 0.2) is 23.7 Å². The highest BCUT2D eigenvalue weighted by Crippen LogP contribution is 2.48. The van der Waals surface area contributed by atoms with Crippen LogP contribution in [0.2, 0.25) is 0 Å². The largest absolute Gasteiger partial charge is 0.465 e. The molecule has 5 atom stereocenters. The maximum Gasteiger partial charge on any atom is 0.333 e. The summed E-state index contributed by atoms with van der Waals surface area (Å²) in [5.41, 5.74) is -0.926. The average Bonchev–Trinajstić information content (AvgIpc) is 2.64.